The van der Waals surface area contributed by atoms with Gasteiger partial charge in [-0.25, -0.2) is 0 Å². The van der Waals surface area contributed by atoms with E-state index in [2.05, 4.69) is 29.8 Å². The van der Waals surface area contributed by atoms with E-state index >= 15 is 0 Å². The molecular formula is C24H31BrO6. The number of aliphatic hydroxyl groups excluding tert-OH is 1. The number of alkyl halides is 1. The first kappa shape index (κ1) is 22.9. The summed E-state index contributed by atoms with van der Waals surface area (Å²) in [5.74, 6) is -0.974. The van der Waals surface area contributed by atoms with E-state index < -0.39 is 45.2 Å². The Morgan fingerprint density at radius 1 is 1.29 bits per heavy atom. The van der Waals surface area contributed by atoms with Gasteiger partial charge in [-0.15, -0.1) is 0 Å². The van der Waals surface area contributed by atoms with E-state index in [9.17, 15) is 24.6 Å². The van der Waals surface area contributed by atoms with Crippen LogP contribution in [0.3, 0.4) is 0 Å². The molecule has 31 heavy (non-hydrogen) atoms. The van der Waals surface area contributed by atoms with Gasteiger partial charge in [0.1, 0.15) is 5.60 Å². The molecule has 0 bridgehead atoms. The van der Waals surface area contributed by atoms with Crippen LogP contribution in [0.2, 0.25) is 0 Å². The number of fused-ring (bicyclic) bond motifs is 5. The fraction of sp³-hybridized carbons (Fsp3) is 0.708. The van der Waals surface area contributed by atoms with Crippen molar-refractivity contribution in [1.82, 2.24) is 0 Å². The number of ketones is 2. The van der Waals surface area contributed by atoms with E-state index in [1.165, 1.54) is 6.92 Å². The molecule has 8 atom stereocenters. The number of allylic oxidation sites excluding steroid dienone is 4. The van der Waals surface area contributed by atoms with Crippen molar-refractivity contribution in [3.8, 4) is 0 Å². The zero-order valence-corrected chi connectivity index (χ0v) is 20.1. The van der Waals surface area contributed by atoms with Crippen molar-refractivity contribution in [2.45, 2.75) is 69.4 Å². The van der Waals surface area contributed by atoms with Crippen LogP contribution in [-0.4, -0.2) is 50.4 Å². The van der Waals surface area contributed by atoms with E-state index in [-0.39, 0.29) is 36.4 Å². The topological polar surface area (TPSA) is 101 Å². The molecule has 6 nitrogen and oxygen atoms in total. The Labute approximate surface area is 191 Å². The molecule has 0 radical (unpaired) electrons. The van der Waals surface area contributed by atoms with Crippen LogP contribution in [-0.2, 0) is 19.1 Å². The molecule has 170 valence electrons. The Hall–Kier alpha value is -1.31. The summed E-state index contributed by atoms with van der Waals surface area (Å²) in [6.45, 7) is 6.84. The lowest BCUT2D eigenvalue weighted by atomic mass is 9.44. The van der Waals surface area contributed by atoms with E-state index in [4.69, 9.17) is 4.74 Å². The van der Waals surface area contributed by atoms with Gasteiger partial charge < -0.3 is 14.9 Å². The predicted molar refractivity (Wildman–Crippen MR) is 117 cm³/mol. The van der Waals surface area contributed by atoms with Crippen molar-refractivity contribution in [2.75, 3.05) is 6.61 Å². The Morgan fingerprint density at radius 3 is 2.61 bits per heavy atom. The summed E-state index contributed by atoms with van der Waals surface area (Å²) in [7, 11) is 0. The number of carbonyl (C=O) groups is 3. The van der Waals surface area contributed by atoms with E-state index in [0.29, 0.717) is 6.42 Å². The average Bonchev–Trinajstić information content (AvgIpc) is 2.96. The molecule has 0 amide bonds. The molecule has 0 spiro atoms. The normalized spacial score (nSPS) is 48.4. The number of ether oxygens (including phenoxy) is 1. The molecule has 7 heteroatoms. The SMILES string of the molecule is CC(=O)OCC(=O)[C@@]1(O)CC[C@H]2[C@@H]3C[C@H](C)C4=CC(=O)C=C[C@]4(C)[C@@]3(Br)[C@@H](O)C[C@@]21C. The number of Topliss-reactive ketones (excluding diaryl/α,β-unsaturated/α-hetero) is 1. The third kappa shape index (κ3) is 2.85. The van der Waals surface area contributed by atoms with Crippen LogP contribution in [0.25, 0.3) is 0 Å². The van der Waals surface area contributed by atoms with Gasteiger partial charge in [0.2, 0.25) is 5.78 Å². The number of hydrogen-bond acceptors (Lipinski definition) is 6. The minimum atomic E-state index is -1.65. The molecule has 3 saturated carbocycles. The van der Waals surface area contributed by atoms with Crippen molar-refractivity contribution in [3.63, 3.8) is 0 Å². The molecule has 0 aromatic carbocycles. The minimum absolute atomic E-state index is 0.00611. The maximum Gasteiger partial charge on any atom is 0.303 e. The van der Waals surface area contributed by atoms with Gasteiger partial charge >= 0.3 is 5.97 Å². The van der Waals surface area contributed by atoms with Gasteiger partial charge in [0.05, 0.1) is 10.4 Å². The predicted octanol–water partition coefficient (Wildman–Crippen LogP) is 2.89. The second kappa shape index (κ2) is 7.09. The third-order valence-electron chi connectivity index (χ3n) is 8.99. The van der Waals surface area contributed by atoms with Crippen molar-refractivity contribution < 1.29 is 29.3 Å². The maximum absolute atomic E-state index is 13.0. The number of esters is 1. The molecule has 3 fully saturated rings. The van der Waals surface area contributed by atoms with Crippen molar-refractivity contribution in [3.05, 3.63) is 23.8 Å². The second-order valence-electron chi connectivity index (χ2n) is 10.4. The zero-order chi connectivity index (χ0) is 23.0. The molecule has 0 aliphatic heterocycles. The summed E-state index contributed by atoms with van der Waals surface area (Å²) in [6, 6.07) is 0. The monoisotopic (exact) mass is 494 g/mol. The first-order chi connectivity index (χ1) is 14.3. The molecule has 0 unspecified atom stereocenters. The number of hydrogen-bond donors (Lipinski definition) is 2. The molecule has 4 aliphatic carbocycles. The zero-order valence-electron chi connectivity index (χ0n) is 18.5. The maximum atomic E-state index is 13.0. The van der Waals surface area contributed by atoms with Gasteiger partial charge in [0.15, 0.2) is 12.4 Å². The third-order valence-corrected chi connectivity index (χ3v) is 10.9. The van der Waals surface area contributed by atoms with Gasteiger partial charge in [0.25, 0.3) is 0 Å². The Kier molecular flexibility index (Phi) is 5.23. The summed E-state index contributed by atoms with van der Waals surface area (Å²) in [5.41, 5.74) is -2.01. The van der Waals surface area contributed by atoms with E-state index in [1.54, 1.807) is 12.2 Å². The molecule has 0 aromatic heterocycles. The molecule has 4 rings (SSSR count). The van der Waals surface area contributed by atoms with E-state index in [1.807, 2.05) is 13.0 Å². The fourth-order valence-electron chi connectivity index (χ4n) is 7.35. The summed E-state index contributed by atoms with van der Waals surface area (Å²) in [5, 5.41) is 23.1. The number of halogens is 1. The van der Waals surface area contributed by atoms with Crippen LogP contribution in [0.4, 0.5) is 0 Å². The fourth-order valence-corrected chi connectivity index (χ4v) is 8.38. The first-order valence-corrected chi connectivity index (χ1v) is 11.8. The summed E-state index contributed by atoms with van der Waals surface area (Å²) >= 11 is 3.98. The van der Waals surface area contributed by atoms with E-state index in [0.717, 1.165) is 12.0 Å². The van der Waals surface area contributed by atoms with Gasteiger partial charge in [-0.3, -0.25) is 14.4 Å². The number of rotatable bonds is 3. The van der Waals surface area contributed by atoms with Gasteiger partial charge in [0, 0.05) is 17.8 Å². The van der Waals surface area contributed by atoms with Crippen LogP contribution < -0.4 is 0 Å². The van der Waals surface area contributed by atoms with Crippen LogP contribution in [0.15, 0.2) is 23.8 Å². The average molecular weight is 495 g/mol. The Bertz CT molecular complexity index is 910. The summed E-state index contributed by atoms with van der Waals surface area (Å²) < 4.78 is 4.20. The molecule has 0 saturated heterocycles. The van der Waals surface area contributed by atoms with Gasteiger partial charge in [-0.2, -0.15) is 0 Å². The quantitative estimate of drug-likeness (QED) is 0.462. The largest absolute Gasteiger partial charge is 0.458 e. The highest BCUT2D eigenvalue weighted by atomic mass is 79.9. The first-order valence-electron chi connectivity index (χ1n) is 11.0. The lowest BCUT2D eigenvalue weighted by Crippen LogP contribution is -2.69. The lowest BCUT2D eigenvalue weighted by Gasteiger charge is -2.65. The minimum Gasteiger partial charge on any atom is -0.458 e. The highest BCUT2D eigenvalue weighted by molar-refractivity contribution is 9.10. The Balaban J connectivity index is 1.75. The van der Waals surface area contributed by atoms with Crippen LogP contribution in [0.5, 0.6) is 0 Å². The number of carbonyl (C=O) groups excluding carboxylic acids is 3. The van der Waals surface area contributed by atoms with Crippen LogP contribution in [0, 0.1) is 28.6 Å². The van der Waals surface area contributed by atoms with Crippen molar-refractivity contribution in [1.29, 1.82) is 0 Å². The van der Waals surface area contributed by atoms with Crippen molar-refractivity contribution >= 4 is 33.5 Å². The highest BCUT2D eigenvalue weighted by Crippen LogP contribution is 2.71. The second-order valence-corrected chi connectivity index (χ2v) is 11.7. The van der Waals surface area contributed by atoms with Crippen LogP contribution in [0.1, 0.15) is 53.4 Å². The molecular weight excluding hydrogens is 464 g/mol. The standard InChI is InChI=1S/C24H31BrO6/c1-13-9-18-16-6-8-23(30,20(29)12-31-14(2)26)22(16,4)11-19(28)24(18,25)21(3)7-5-15(27)10-17(13)21/h5,7,10,13,16,18-19,28,30H,6,8-9,11-12H2,1-4H3/t13-,16-,18-,19-,21-,22-,23-,24-/m0/s1. The Morgan fingerprint density at radius 2 is 1.97 bits per heavy atom. The summed E-state index contributed by atoms with van der Waals surface area (Å²) in [4.78, 5) is 36.3. The molecule has 2 N–H and O–H groups in total. The lowest BCUT2D eigenvalue weighted by molar-refractivity contribution is -0.176. The molecule has 4 aliphatic rings. The molecule has 0 heterocycles. The number of aliphatic hydroxyl groups is 2. The summed E-state index contributed by atoms with van der Waals surface area (Å²) in [6.07, 6.45) is 6.27. The smallest absolute Gasteiger partial charge is 0.303 e. The van der Waals surface area contributed by atoms with Crippen molar-refractivity contribution in [2.24, 2.45) is 28.6 Å². The van der Waals surface area contributed by atoms with Gasteiger partial charge in [-0.1, -0.05) is 48.4 Å². The van der Waals surface area contributed by atoms with Crippen LogP contribution >= 0.6 is 15.9 Å². The highest BCUT2D eigenvalue weighted by Gasteiger charge is 2.73. The molecule has 0 aromatic rings. The van der Waals surface area contributed by atoms with Gasteiger partial charge in [-0.05, 0) is 55.6 Å².